The fourth-order valence-corrected chi connectivity index (χ4v) is 3.79. The lowest BCUT2D eigenvalue weighted by Gasteiger charge is -2.12. The highest BCUT2D eigenvalue weighted by Gasteiger charge is 2.21. The molecule has 0 bridgehead atoms. The number of benzene rings is 1. The Labute approximate surface area is 153 Å². The molecule has 1 aromatic carbocycles. The van der Waals surface area contributed by atoms with Crippen LogP contribution in [0.5, 0.6) is 5.75 Å². The lowest BCUT2D eigenvalue weighted by molar-refractivity contribution is 0.0605. The maximum absolute atomic E-state index is 12.0. The van der Waals surface area contributed by atoms with Gasteiger partial charge >= 0.3 is 5.97 Å². The van der Waals surface area contributed by atoms with Gasteiger partial charge < -0.3 is 14.8 Å². The van der Waals surface area contributed by atoms with Crippen molar-refractivity contribution < 1.29 is 14.3 Å². The Bertz CT molecular complexity index is 942. The van der Waals surface area contributed by atoms with Gasteiger partial charge in [-0.15, -0.1) is 11.3 Å². The summed E-state index contributed by atoms with van der Waals surface area (Å²) in [5.41, 5.74) is 1.51. The van der Waals surface area contributed by atoms with Crippen LogP contribution in [0.15, 0.2) is 24.3 Å². The molecule has 130 valence electrons. The quantitative estimate of drug-likeness (QED) is 0.518. The van der Waals surface area contributed by atoms with Gasteiger partial charge in [0.2, 0.25) is 5.28 Å². The molecule has 2 aromatic heterocycles. The Morgan fingerprint density at radius 3 is 2.80 bits per heavy atom. The molecule has 6 nitrogen and oxygen atoms in total. The molecule has 0 aliphatic carbocycles. The predicted octanol–water partition coefficient (Wildman–Crippen LogP) is 4.58. The molecule has 0 spiro atoms. The number of methoxy groups -OCH3 is 1. The van der Waals surface area contributed by atoms with Crippen molar-refractivity contribution in [2.24, 2.45) is 0 Å². The molecule has 0 unspecified atom stereocenters. The van der Waals surface area contributed by atoms with E-state index < -0.39 is 5.97 Å². The van der Waals surface area contributed by atoms with Crippen LogP contribution in [-0.2, 0) is 4.74 Å². The van der Waals surface area contributed by atoms with E-state index in [1.165, 1.54) is 18.4 Å². The molecule has 0 fully saturated rings. The third kappa shape index (κ3) is 3.38. The summed E-state index contributed by atoms with van der Waals surface area (Å²) in [6.07, 6.45) is 0. The fraction of sp³-hybridized carbons (Fsp3) is 0.235. The smallest absolute Gasteiger partial charge is 0.348 e. The minimum atomic E-state index is -0.405. The molecule has 3 aromatic rings. The number of aromatic nitrogens is 2. The number of hydrogen-bond donors (Lipinski definition) is 1. The van der Waals surface area contributed by atoms with Gasteiger partial charge in [0.05, 0.1) is 24.8 Å². The van der Waals surface area contributed by atoms with Crippen molar-refractivity contribution in [2.75, 3.05) is 19.0 Å². The van der Waals surface area contributed by atoms with Crippen molar-refractivity contribution in [1.29, 1.82) is 0 Å². The van der Waals surface area contributed by atoms with Gasteiger partial charge in [-0.3, -0.25) is 0 Å². The molecule has 3 rings (SSSR count). The summed E-state index contributed by atoms with van der Waals surface area (Å²) in [4.78, 5) is 21.6. The van der Waals surface area contributed by atoms with Gasteiger partial charge in [0.25, 0.3) is 0 Å². The zero-order chi connectivity index (χ0) is 18.0. The SMILES string of the molecule is CCOc1ccccc1Nc1nc(Cl)nc2sc(C(=O)OC)c(C)c12. The van der Waals surface area contributed by atoms with Crippen molar-refractivity contribution >= 4 is 50.6 Å². The lowest BCUT2D eigenvalue weighted by atomic mass is 10.2. The number of anilines is 2. The number of ether oxygens (including phenoxy) is 2. The number of thiophene rings is 1. The second-order valence-electron chi connectivity index (χ2n) is 5.12. The van der Waals surface area contributed by atoms with Crippen molar-refractivity contribution in [1.82, 2.24) is 9.97 Å². The molecule has 0 saturated heterocycles. The largest absolute Gasteiger partial charge is 0.492 e. The lowest BCUT2D eigenvalue weighted by Crippen LogP contribution is -2.02. The van der Waals surface area contributed by atoms with Crippen LogP contribution in [0.1, 0.15) is 22.2 Å². The van der Waals surface area contributed by atoms with Gasteiger partial charge in [-0.05, 0) is 43.1 Å². The summed E-state index contributed by atoms with van der Waals surface area (Å²) in [5, 5.41) is 4.08. The molecule has 0 atom stereocenters. The number of esters is 1. The number of aryl methyl sites for hydroxylation is 1. The van der Waals surface area contributed by atoms with E-state index in [-0.39, 0.29) is 5.28 Å². The molecule has 2 heterocycles. The number of carbonyl (C=O) groups excluding carboxylic acids is 1. The summed E-state index contributed by atoms with van der Waals surface area (Å²) in [6.45, 7) is 4.30. The van der Waals surface area contributed by atoms with Crippen molar-refractivity contribution in [2.45, 2.75) is 13.8 Å². The van der Waals surface area contributed by atoms with Crippen LogP contribution in [-0.4, -0.2) is 29.7 Å². The van der Waals surface area contributed by atoms with Crippen LogP contribution >= 0.6 is 22.9 Å². The highest BCUT2D eigenvalue weighted by molar-refractivity contribution is 7.20. The predicted molar refractivity (Wildman–Crippen MR) is 99.4 cm³/mol. The fourth-order valence-electron chi connectivity index (χ4n) is 2.47. The van der Waals surface area contributed by atoms with E-state index >= 15 is 0 Å². The maximum atomic E-state index is 12.0. The van der Waals surface area contributed by atoms with Crippen LogP contribution in [0.4, 0.5) is 11.5 Å². The van der Waals surface area contributed by atoms with E-state index in [9.17, 15) is 4.79 Å². The Morgan fingerprint density at radius 2 is 2.08 bits per heavy atom. The average Bonchev–Trinajstić information content (AvgIpc) is 2.92. The van der Waals surface area contributed by atoms with Crippen LogP contribution in [0.2, 0.25) is 5.28 Å². The van der Waals surface area contributed by atoms with E-state index in [0.29, 0.717) is 27.9 Å². The minimum Gasteiger partial charge on any atom is -0.492 e. The van der Waals surface area contributed by atoms with Crippen LogP contribution in [0, 0.1) is 6.92 Å². The summed E-state index contributed by atoms with van der Waals surface area (Å²) < 4.78 is 10.5. The second kappa shape index (κ2) is 7.25. The van der Waals surface area contributed by atoms with Gasteiger partial charge in [0.15, 0.2) is 0 Å². The Morgan fingerprint density at radius 1 is 1.32 bits per heavy atom. The third-order valence-corrected chi connectivity index (χ3v) is 4.91. The molecule has 0 amide bonds. The van der Waals surface area contributed by atoms with Gasteiger partial charge in [-0.1, -0.05) is 12.1 Å². The zero-order valence-corrected chi connectivity index (χ0v) is 15.5. The van der Waals surface area contributed by atoms with E-state index in [4.69, 9.17) is 21.1 Å². The normalized spacial score (nSPS) is 10.7. The monoisotopic (exact) mass is 377 g/mol. The Balaban J connectivity index is 2.13. The minimum absolute atomic E-state index is 0.0987. The van der Waals surface area contributed by atoms with Crippen molar-refractivity contribution in [3.63, 3.8) is 0 Å². The summed E-state index contributed by atoms with van der Waals surface area (Å²) >= 11 is 7.29. The second-order valence-corrected chi connectivity index (χ2v) is 6.46. The van der Waals surface area contributed by atoms with Crippen molar-refractivity contribution in [3.8, 4) is 5.75 Å². The van der Waals surface area contributed by atoms with Gasteiger partial charge in [-0.2, -0.15) is 4.98 Å². The number of hydrogen-bond acceptors (Lipinski definition) is 7. The van der Waals surface area contributed by atoms with Crippen molar-refractivity contribution in [3.05, 3.63) is 40.0 Å². The Kier molecular flexibility index (Phi) is 5.06. The number of nitrogens with zero attached hydrogens (tertiary/aromatic N) is 2. The van der Waals surface area contributed by atoms with Crippen LogP contribution < -0.4 is 10.1 Å². The standard InChI is InChI=1S/C17H16ClN3O3S/c1-4-24-11-8-6-5-7-10(11)19-14-12-9(2)13(16(22)23-3)25-15(12)21-17(18)20-14/h5-8H,4H2,1-3H3,(H,19,20,21). The molecular formula is C17H16ClN3O3S. The van der Waals surface area contributed by atoms with Crippen LogP contribution in [0.3, 0.4) is 0 Å². The van der Waals surface area contributed by atoms with E-state index in [1.54, 1.807) is 0 Å². The molecule has 25 heavy (non-hydrogen) atoms. The highest BCUT2D eigenvalue weighted by atomic mass is 35.5. The van der Waals surface area contributed by atoms with Gasteiger partial charge in [0, 0.05) is 0 Å². The first-order chi connectivity index (χ1) is 12.0. The third-order valence-electron chi connectivity index (χ3n) is 3.57. The number of halogens is 1. The summed E-state index contributed by atoms with van der Waals surface area (Å²) in [7, 11) is 1.35. The molecule has 0 aliphatic rings. The number of nitrogens with one attached hydrogen (secondary N) is 1. The Hall–Kier alpha value is -2.38. The molecule has 1 N–H and O–H groups in total. The van der Waals surface area contributed by atoms with Gasteiger partial charge in [0.1, 0.15) is 21.3 Å². The van der Waals surface area contributed by atoms with E-state index in [0.717, 1.165) is 16.6 Å². The number of fused-ring (bicyclic) bond motifs is 1. The molecular weight excluding hydrogens is 362 g/mol. The first-order valence-electron chi connectivity index (χ1n) is 7.59. The first-order valence-corrected chi connectivity index (χ1v) is 8.78. The number of rotatable bonds is 5. The van der Waals surface area contributed by atoms with Crippen LogP contribution in [0.25, 0.3) is 10.2 Å². The number of para-hydroxylation sites is 2. The number of carbonyl (C=O) groups is 1. The van der Waals surface area contributed by atoms with E-state index in [1.807, 2.05) is 38.1 Å². The zero-order valence-electron chi connectivity index (χ0n) is 13.9. The first kappa shape index (κ1) is 17.4. The topological polar surface area (TPSA) is 73.3 Å². The average molecular weight is 378 g/mol. The molecule has 0 radical (unpaired) electrons. The van der Waals surface area contributed by atoms with E-state index in [2.05, 4.69) is 15.3 Å². The summed E-state index contributed by atoms with van der Waals surface area (Å²) in [6, 6.07) is 7.54. The molecule has 8 heteroatoms. The summed E-state index contributed by atoms with van der Waals surface area (Å²) in [5.74, 6) is 0.817. The van der Waals surface area contributed by atoms with Gasteiger partial charge in [-0.25, -0.2) is 9.78 Å². The molecule has 0 aliphatic heterocycles. The maximum Gasteiger partial charge on any atom is 0.348 e. The highest BCUT2D eigenvalue weighted by Crippen LogP contribution is 2.37. The molecule has 0 saturated carbocycles.